The molecule has 1 aliphatic carbocycles. The number of urea groups is 1. The lowest BCUT2D eigenvalue weighted by Crippen LogP contribution is -2.33. The molecule has 1 saturated carbocycles. The molecule has 7 heteroatoms. The SMILES string of the molecule is NC1CCC(CNC(=O)Nc2ccccc2C(F)(F)F)C1. The zero-order chi connectivity index (χ0) is 15.5. The Balaban J connectivity index is 1.91. The molecule has 1 fully saturated rings. The third-order valence-electron chi connectivity index (χ3n) is 3.61. The van der Waals surface area contributed by atoms with E-state index in [9.17, 15) is 18.0 Å². The van der Waals surface area contributed by atoms with Gasteiger partial charge in [-0.3, -0.25) is 0 Å². The van der Waals surface area contributed by atoms with E-state index in [1.165, 1.54) is 18.2 Å². The van der Waals surface area contributed by atoms with E-state index >= 15 is 0 Å². The minimum Gasteiger partial charge on any atom is -0.338 e. The first kappa shape index (κ1) is 15.6. The molecule has 2 rings (SSSR count). The summed E-state index contributed by atoms with van der Waals surface area (Å²) in [5.41, 5.74) is 4.67. The number of benzene rings is 1. The van der Waals surface area contributed by atoms with Crippen molar-refractivity contribution in [2.45, 2.75) is 31.5 Å². The summed E-state index contributed by atoms with van der Waals surface area (Å²) in [6.45, 7) is 0.424. The molecule has 2 amide bonds. The summed E-state index contributed by atoms with van der Waals surface area (Å²) in [5, 5.41) is 4.85. The van der Waals surface area contributed by atoms with E-state index in [4.69, 9.17) is 5.73 Å². The van der Waals surface area contributed by atoms with Crippen LogP contribution in [-0.2, 0) is 6.18 Å². The summed E-state index contributed by atoms with van der Waals surface area (Å²) < 4.78 is 38.4. The number of carbonyl (C=O) groups excluding carboxylic acids is 1. The van der Waals surface area contributed by atoms with E-state index in [1.54, 1.807) is 0 Å². The van der Waals surface area contributed by atoms with Crippen LogP contribution in [0.25, 0.3) is 0 Å². The lowest BCUT2D eigenvalue weighted by Gasteiger charge is -2.15. The lowest BCUT2D eigenvalue weighted by molar-refractivity contribution is -0.136. The van der Waals surface area contributed by atoms with E-state index in [0.29, 0.717) is 12.5 Å². The Bertz CT molecular complexity index is 504. The third-order valence-corrected chi connectivity index (χ3v) is 3.61. The van der Waals surface area contributed by atoms with Crippen molar-refractivity contribution in [3.8, 4) is 0 Å². The normalized spacial score (nSPS) is 22.1. The quantitative estimate of drug-likeness (QED) is 0.803. The minimum absolute atomic E-state index is 0.158. The fourth-order valence-electron chi connectivity index (χ4n) is 2.54. The van der Waals surface area contributed by atoms with Gasteiger partial charge in [0.1, 0.15) is 0 Å². The number of hydrogen-bond donors (Lipinski definition) is 3. The zero-order valence-electron chi connectivity index (χ0n) is 11.4. The fourth-order valence-corrected chi connectivity index (χ4v) is 2.54. The largest absolute Gasteiger partial charge is 0.418 e. The van der Waals surface area contributed by atoms with Gasteiger partial charge in [0.2, 0.25) is 0 Å². The van der Waals surface area contributed by atoms with Gasteiger partial charge in [-0.05, 0) is 37.3 Å². The molecule has 1 aromatic rings. The van der Waals surface area contributed by atoms with Gasteiger partial charge in [-0.25, -0.2) is 4.79 Å². The maximum atomic E-state index is 12.8. The van der Waals surface area contributed by atoms with Gasteiger partial charge in [-0.15, -0.1) is 0 Å². The average Bonchev–Trinajstić information content (AvgIpc) is 2.82. The maximum absolute atomic E-state index is 12.8. The number of nitrogens with one attached hydrogen (secondary N) is 2. The zero-order valence-corrected chi connectivity index (χ0v) is 11.4. The van der Waals surface area contributed by atoms with Crippen molar-refractivity contribution in [1.82, 2.24) is 5.32 Å². The monoisotopic (exact) mass is 301 g/mol. The third kappa shape index (κ3) is 4.35. The number of hydrogen-bond acceptors (Lipinski definition) is 2. The molecule has 0 aliphatic heterocycles. The van der Waals surface area contributed by atoms with Gasteiger partial charge in [0.05, 0.1) is 11.3 Å². The smallest absolute Gasteiger partial charge is 0.338 e. The van der Waals surface area contributed by atoms with Crippen molar-refractivity contribution >= 4 is 11.7 Å². The lowest BCUT2D eigenvalue weighted by atomic mass is 10.1. The first-order valence-corrected chi connectivity index (χ1v) is 6.83. The number of anilines is 1. The summed E-state index contributed by atoms with van der Waals surface area (Å²) in [7, 11) is 0. The van der Waals surface area contributed by atoms with Crippen LogP contribution in [0.1, 0.15) is 24.8 Å². The molecule has 0 spiro atoms. The molecular formula is C14H18F3N3O. The highest BCUT2D eigenvalue weighted by Gasteiger charge is 2.33. The molecule has 116 valence electrons. The molecule has 1 aromatic carbocycles. The van der Waals surface area contributed by atoms with Crippen LogP contribution in [0.15, 0.2) is 24.3 Å². The number of nitrogens with two attached hydrogens (primary N) is 1. The number of amides is 2. The Kier molecular flexibility index (Phi) is 4.72. The highest BCUT2D eigenvalue weighted by Crippen LogP contribution is 2.34. The molecular weight excluding hydrogens is 283 g/mol. The van der Waals surface area contributed by atoms with Crippen LogP contribution in [0.3, 0.4) is 0 Å². The van der Waals surface area contributed by atoms with Gasteiger partial charge in [0, 0.05) is 12.6 Å². The molecule has 0 aromatic heterocycles. The Morgan fingerprint density at radius 2 is 2.00 bits per heavy atom. The van der Waals surface area contributed by atoms with Gasteiger partial charge in [-0.2, -0.15) is 13.2 Å². The van der Waals surface area contributed by atoms with Crippen LogP contribution in [0.2, 0.25) is 0 Å². The Morgan fingerprint density at radius 1 is 1.29 bits per heavy atom. The summed E-state index contributed by atoms with van der Waals surface area (Å²) in [6, 6.07) is 4.42. The van der Waals surface area contributed by atoms with E-state index in [0.717, 1.165) is 25.3 Å². The van der Waals surface area contributed by atoms with Gasteiger partial charge in [0.25, 0.3) is 0 Å². The molecule has 0 bridgehead atoms. The Hall–Kier alpha value is -1.76. The molecule has 21 heavy (non-hydrogen) atoms. The average molecular weight is 301 g/mol. The van der Waals surface area contributed by atoms with Crippen LogP contribution in [-0.4, -0.2) is 18.6 Å². The van der Waals surface area contributed by atoms with E-state index in [1.807, 2.05) is 0 Å². The number of para-hydroxylation sites is 1. The maximum Gasteiger partial charge on any atom is 0.418 e. The summed E-state index contributed by atoms with van der Waals surface area (Å²) >= 11 is 0. The van der Waals surface area contributed by atoms with Crippen molar-refractivity contribution in [2.75, 3.05) is 11.9 Å². The minimum atomic E-state index is -4.50. The second-order valence-electron chi connectivity index (χ2n) is 5.32. The summed E-state index contributed by atoms with van der Waals surface area (Å²) in [6.07, 6.45) is -1.81. The van der Waals surface area contributed by atoms with Gasteiger partial charge < -0.3 is 16.4 Å². The molecule has 2 atom stereocenters. The van der Waals surface area contributed by atoms with Gasteiger partial charge in [0.15, 0.2) is 0 Å². The Morgan fingerprint density at radius 3 is 2.62 bits per heavy atom. The highest BCUT2D eigenvalue weighted by atomic mass is 19.4. The van der Waals surface area contributed by atoms with Crippen molar-refractivity contribution in [1.29, 1.82) is 0 Å². The number of alkyl halides is 3. The molecule has 4 N–H and O–H groups in total. The topological polar surface area (TPSA) is 67.1 Å². The molecule has 0 heterocycles. The number of carbonyl (C=O) groups is 1. The summed E-state index contributed by atoms with van der Waals surface area (Å²) in [4.78, 5) is 11.7. The van der Waals surface area contributed by atoms with Crippen LogP contribution < -0.4 is 16.4 Å². The summed E-state index contributed by atoms with van der Waals surface area (Å²) in [5.74, 6) is 0.295. The van der Waals surface area contributed by atoms with Crippen molar-refractivity contribution in [2.24, 2.45) is 11.7 Å². The van der Waals surface area contributed by atoms with E-state index in [2.05, 4.69) is 10.6 Å². The molecule has 0 saturated heterocycles. The predicted octanol–water partition coefficient (Wildman–Crippen LogP) is 2.95. The second kappa shape index (κ2) is 6.34. The first-order valence-electron chi connectivity index (χ1n) is 6.83. The predicted molar refractivity (Wildman–Crippen MR) is 73.8 cm³/mol. The van der Waals surface area contributed by atoms with Crippen LogP contribution in [0, 0.1) is 5.92 Å². The van der Waals surface area contributed by atoms with Crippen LogP contribution in [0.4, 0.5) is 23.7 Å². The number of halogens is 3. The van der Waals surface area contributed by atoms with Crippen LogP contribution >= 0.6 is 0 Å². The van der Waals surface area contributed by atoms with Crippen LogP contribution in [0.5, 0.6) is 0 Å². The van der Waals surface area contributed by atoms with Gasteiger partial charge >= 0.3 is 12.2 Å². The molecule has 4 nitrogen and oxygen atoms in total. The Labute approximate surface area is 120 Å². The van der Waals surface area contributed by atoms with Crippen molar-refractivity contribution < 1.29 is 18.0 Å². The molecule has 2 unspecified atom stereocenters. The van der Waals surface area contributed by atoms with E-state index in [-0.39, 0.29) is 11.7 Å². The molecule has 0 radical (unpaired) electrons. The molecule has 1 aliphatic rings. The first-order chi connectivity index (χ1) is 9.86. The fraction of sp³-hybridized carbons (Fsp3) is 0.500. The standard InChI is InChI=1S/C14H18F3N3O/c15-14(16,17)11-3-1-2-4-12(11)20-13(21)19-8-9-5-6-10(18)7-9/h1-4,9-10H,5-8,18H2,(H2,19,20,21). The number of rotatable bonds is 3. The van der Waals surface area contributed by atoms with Gasteiger partial charge in [-0.1, -0.05) is 12.1 Å². The van der Waals surface area contributed by atoms with Crippen molar-refractivity contribution in [3.05, 3.63) is 29.8 Å². The second-order valence-corrected chi connectivity index (χ2v) is 5.32. The van der Waals surface area contributed by atoms with E-state index < -0.39 is 17.8 Å². The van der Waals surface area contributed by atoms with Crippen molar-refractivity contribution in [3.63, 3.8) is 0 Å². The highest BCUT2D eigenvalue weighted by molar-refractivity contribution is 5.90.